The van der Waals surface area contributed by atoms with Gasteiger partial charge in [0.15, 0.2) is 0 Å². The maximum atomic E-state index is 12.7. The molecule has 0 aromatic rings. The number of hydrogen-bond donors (Lipinski definition) is 4. The minimum Gasteiger partial charge on any atom is -0.480 e. The van der Waals surface area contributed by atoms with E-state index >= 15 is 0 Å². The number of rotatable bonds is 36. The van der Waals surface area contributed by atoms with Crippen LogP contribution in [-0.2, 0) is 23.9 Å². The van der Waals surface area contributed by atoms with Crippen LogP contribution in [0.1, 0.15) is 194 Å². The zero-order valence-electron chi connectivity index (χ0n) is 31.5. The highest BCUT2D eigenvalue weighted by molar-refractivity contribution is 5.87. The summed E-state index contributed by atoms with van der Waals surface area (Å²) in [7, 11) is 0. The van der Waals surface area contributed by atoms with Crippen LogP contribution in [0.5, 0.6) is 0 Å². The van der Waals surface area contributed by atoms with Crippen LogP contribution in [-0.4, -0.2) is 59.3 Å². The van der Waals surface area contributed by atoms with Gasteiger partial charge in [-0.25, -0.2) is 4.79 Å². The fourth-order valence-corrected chi connectivity index (χ4v) is 5.87. The monoisotopic (exact) mass is 695 g/mol. The molecular formula is C40H74N2O7. The molecule has 286 valence electrons. The molecule has 9 nitrogen and oxygen atoms in total. The molecule has 49 heavy (non-hydrogen) atoms. The molecule has 0 aliphatic rings. The Kier molecular flexibility index (Phi) is 33.7. The minimum atomic E-state index is -1.38. The Morgan fingerprint density at radius 1 is 0.592 bits per heavy atom. The minimum absolute atomic E-state index is 0.00970. The average molecular weight is 695 g/mol. The third-order valence-corrected chi connectivity index (χ3v) is 9.01. The highest BCUT2D eigenvalue weighted by Crippen LogP contribution is 2.19. The van der Waals surface area contributed by atoms with E-state index in [0.717, 1.165) is 64.2 Å². The van der Waals surface area contributed by atoms with Gasteiger partial charge in [-0.05, 0) is 57.8 Å². The summed E-state index contributed by atoms with van der Waals surface area (Å²) in [5.41, 5.74) is 0. The van der Waals surface area contributed by atoms with E-state index in [1.54, 1.807) is 0 Å². The number of carbonyl (C=O) groups is 4. The molecule has 0 heterocycles. The predicted molar refractivity (Wildman–Crippen MR) is 199 cm³/mol. The first-order chi connectivity index (χ1) is 23.8. The molecule has 2 amide bonds. The predicted octanol–water partition coefficient (Wildman–Crippen LogP) is 9.09. The lowest BCUT2D eigenvalue weighted by atomic mass is 10.0. The number of aliphatic hydroxyl groups excluding tert-OH is 1. The van der Waals surface area contributed by atoms with Gasteiger partial charge < -0.3 is 25.6 Å². The Morgan fingerprint density at radius 3 is 1.59 bits per heavy atom. The molecular weight excluding hydrogens is 620 g/mol. The van der Waals surface area contributed by atoms with Gasteiger partial charge in [-0.1, -0.05) is 135 Å². The number of ether oxygens (including phenoxy) is 1. The summed E-state index contributed by atoms with van der Waals surface area (Å²) in [4.78, 5) is 47.4. The first-order valence-corrected chi connectivity index (χ1v) is 20.1. The SMILES string of the molecule is CCCC/C=C\CCCCCCCC(=O)OC(CCCCCCCCCCCC)CCCCCCCC(=O)NCC(=O)NC(CO)C(=O)O. The lowest BCUT2D eigenvalue weighted by molar-refractivity contribution is -0.150. The van der Waals surface area contributed by atoms with E-state index in [1.165, 1.54) is 96.3 Å². The van der Waals surface area contributed by atoms with Crippen molar-refractivity contribution in [2.24, 2.45) is 0 Å². The van der Waals surface area contributed by atoms with Gasteiger partial charge in [-0.3, -0.25) is 14.4 Å². The summed E-state index contributed by atoms with van der Waals surface area (Å²) in [5.74, 6) is -2.29. The average Bonchev–Trinajstić information content (AvgIpc) is 3.08. The second-order valence-electron chi connectivity index (χ2n) is 13.7. The number of hydrogen-bond acceptors (Lipinski definition) is 6. The first kappa shape index (κ1) is 46.6. The van der Waals surface area contributed by atoms with Crippen molar-refractivity contribution in [2.75, 3.05) is 13.2 Å². The van der Waals surface area contributed by atoms with Crippen LogP contribution in [0.25, 0.3) is 0 Å². The van der Waals surface area contributed by atoms with Crippen LogP contribution in [0.3, 0.4) is 0 Å². The van der Waals surface area contributed by atoms with E-state index < -0.39 is 24.5 Å². The van der Waals surface area contributed by atoms with Crippen LogP contribution in [0.4, 0.5) is 0 Å². The van der Waals surface area contributed by atoms with E-state index in [0.29, 0.717) is 19.3 Å². The third kappa shape index (κ3) is 32.5. The van der Waals surface area contributed by atoms with Crippen molar-refractivity contribution in [3.63, 3.8) is 0 Å². The van der Waals surface area contributed by atoms with Crippen molar-refractivity contribution in [1.82, 2.24) is 10.6 Å². The molecule has 4 N–H and O–H groups in total. The number of carboxylic acid groups (broad SMARTS) is 1. The molecule has 0 aromatic heterocycles. The fraction of sp³-hybridized carbons (Fsp3) is 0.850. The van der Waals surface area contributed by atoms with E-state index in [1.807, 2.05) is 0 Å². The van der Waals surface area contributed by atoms with Gasteiger partial charge in [0.25, 0.3) is 0 Å². The second-order valence-corrected chi connectivity index (χ2v) is 13.7. The Bertz CT molecular complexity index is 848. The molecule has 0 rings (SSSR count). The number of aliphatic hydroxyl groups is 1. The summed E-state index contributed by atoms with van der Waals surface area (Å²) in [6.07, 6.45) is 35.2. The van der Waals surface area contributed by atoms with Crippen molar-refractivity contribution < 1.29 is 34.1 Å². The number of aliphatic carboxylic acids is 1. The Labute approximate surface area is 299 Å². The smallest absolute Gasteiger partial charge is 0.328 e. The number of carbonyl (C=O) groups excluding carboxylic acids is 3. The van der Waals surface area contributed by atoms with Gasteiger partial charge >= 0.3 is 11.9 Å². The largest absolute Gasteiger partial charge is 0.480 e. The number of carboxylic acids is 1. The number of esters is 1. The lowest BCUT2D eigenvalue weighted by Crippen LogP contribution is -2.47. The lowest BCUT2D eigenvalue weighted by Gasteiger charge is -2.18. The first-order valence-electron chi connectivity index (χ1n) is 20.1. The zero-order valence-corrected chi connectivity index (χ0v) is 31.5. The van der Waals surface area contributed by atoms with E-state index in [9.17, 15) is 19.2 Å². The van der Waals surface area contributed by atoms with Crippen molar-refractivity contribution in [2.45, 2.75) is 206 Å². The van der Waals surface area contributed by atoms with E-state index in [2.05, 4.69) is 36.6 Å². The van der Waals surface area contributed by atoms with Gasteiger partial charge in [0.05, 0.1) is 13.2 Å². The normalized spacial score (nSPS) is 12.6. The van der Waals surface area contributed by atoms with E-state index in [-0.39, 0.29) is 24.5 Å². The van der Waals surface area contributed by atoms with Crippen molar-refractivity contribution in [3.05, 3.63) is 12.2 Å². The number of allylic oxidation sites excluding steroid dienone is 2. The standard InChI is InChI=1S/C40H74N2O7/c1-3-5-7-9-11-13-15-17-19-24-28-32-39(46)49-35(29-25-21-18-16-14-12-10-8-6-4-2)30-26-22-20-23-27-31-37(44)41-33-38(45)42-36(34-43)40(47)48/h9,11,35-36,43H,3-8,10,12-34H2,1-2H3,(H,41,44)(H,42,45)(H,47,48)/b11-9-. The summed E-state index contributed by atoms with van der Waals surface area (Å²) in [6, 6.07) is -1.38. The molecule has 2 unspecified atom stereocenters. The molecule has 0 saturated heterocycles. The molecule has 9 heteroatoms. The van der Waals surface area contributed by atoms with Gasteiger partial charge in [0.1, 0.15) is 12.1 Å². The third-order valence-electron chi connectivity index (χ3n) is 9.01. The van der Waals surface area contributed by atoms with Gasteiger partial charge in [0.2, 0.25) is 11.8 Å². The molecule has 2 atom stereocenters. The Morgan fingerprint density at radius 2 is 1.06 bits per heavy atom. The quantitative estimate of drug-likeness (QED) is 0.0291. The number of nitrogens with one attached hydrogen (secondary N) is 2. The van der Waals surface area contributed by atoms with Crippen molar-refractivity contribution in [1.29, 1.82) is 0 Å². The molecule has 0 spiro atoms. The fourth-order valence-electron chi connectivity index (χ4n) is 5.87. The Balaban J connectivity index is 4.28. The van der Waals surface area contributed by atoms with Crippen LogP contribution in [0.2, 0.25) is 0 Å². The molecule has 0 bridgehead atoms. The van der Waals surface area contributed by atoms with E-state index in [4.69, 9.17) is 14.9 Å². The second kappa shape index (κ2) is 35.4. The summed E-state index contributed by atoms with van der Waals surface area (Å²) >= 11 is 0. The van der Waals surface area contributed by atoms with Gasteiger partial charge in [0, 0.05) is 12.8 Å². The highest BCUT2D eigenvalue weighted by Gasteiger charge is 2.19. The number of amides is 2. The maximum absolute atomic E-state index is 12.7. The van der Waals surface area contributed by atoms with Gasteiger partial charge in [-0.2, -0.15) is 0 Å². The van der Waals surface area contributed by atoms with Crippen LogP contribution < -0.4 is 10.6 Å². The molecule has 0 aliphatic heterocycles. The van der Waals surface area contributed by atoms with Crippen molar-refractivity contribution >= 4 is 23.8 Å². The molecule has 0 aromatic carbocycles. The molecule has 0 fully saturated rings. The van der Waals surface area contributed by atoms with Gasteiger partial charge in [-0.15, -0.1) is 0 Å². The molecule has 0 saturated carbocycles. The Hall–Kier alpha value is -2.42. The molecule has 0 radical (unpaired) electrons. The van der Waals surface area contributed by atoms with Crippen LogP contribution in [0, 0.1) is 0 Å². The molecule has 0 aliphatic carbocycles. The summed E-state index contributed by atoms with van der Waals surface area (Å²) in [6.45, 7) is 3.44. The zero-order chi connectivity index (χ0) is 36.2. The topological polar surface area (TPSA) is 142 Å². The summed E-state index contributed by atoms with van der Waals surface area (Å²) in [5, 5.41) is 22.5. The van der Waals surface area contributed by atoms with Crippen LogP contribution in [0.15, 0.2) is 12.2 Å². The van der Waals surface area contributed by atoms with Crippen molar-refractivity contribution in [3.8, 4) is 0 Å². The highest BCUT2D eigenvalue weighted by atomic mass is 16.5. The summed E-state index contributed by atoms with van der Waals surface area (Å²) < 4.78 is 5.99. The number of unbranched alkanes of at least 4 members (excludes halogenated alkanes) is 20. The van der Waals surface area contributed by atoms with Crippen LogP contribution >= 0.6 is 0 Å². The maximum Gasteiger partial charge on any atom is 0.328 e.